The standard InChI is InChI=1S/C8H14N4/c1-9-8-5-7-6-10-3-2-4-12(7)11-8/h5,10H,2-4,6H2,1H3,(H,9,11). The quantitative estimate of drug-likeness (QED) is 0.635. The van der Waals surface area contributed by atoms with Gasteiger partial charge in [-0.2, -0.15) is 5.10 Å². The van der Waals surface area contributed by atoms with Crippen molar-refractivity contribution in [3.8, 4) is 0 Å². The van der Waals surface area contributed by atoms with E-state index in [1.54, 1.807) is 0 Å². The first-order valence-electron chi connectivity index (χ1n) is 4.35. The molecule has 1 aliphatic heterocycles. The van der Waals surface area contributed by atoms with E-state index in [-0.39, 0.29) is 0 Å². The number of aromatic nitrogens is 2. The van der Waals surface area contributed by atoms with Crippen LogP contribution in [-0.4, -0.2) is 23.4 Å². The molecular formula is C8H14N4. The molecule has 1 aromatic rings. The summed E-state index contributed by atoms with van der Waals surface area (Å²) in [4.78, 5) is 0. The molecule has 4 nitrogen and oxygen atoms in total. The van der Waals surface area contributed by atoms with Gasteiger partial charge in [-0.05, 0) is 13.0 Å². The third-order valence-corrected chi connectivity index (χ3v) is 2.15. The Kier molecular flexibility index (Phi) is 1.99. The summed E-state index contributed by atoms with van der Waals surface area (Å²) in [5.41, 5.74) is 1.27. The van der Waals surface area contributed by atoms with Crippen LogP contribution in [0.1, 0.15) is 12.1 Å². The molecule has 2 rings (SSSR count). The second kappa shape index (κ2) is 3.15. The SMILES string of the molecule is CNc1cc2n(n1)CCCNC2. The number of anilines is 1. The van der Waals surface area contributed by atoms with Gasteiger partial charge < -0.3 is 10.6 Å². The van der Waals surface area contributed by atoms with Crippen LogP contribution in [-0.2, 0) is 13.1 Å². The largest absolute Gasteiger partial charge is 0.372 e. The third-order valence-electron chi connectivity index (χ3n) is 2.15. The maximum Gasteiger partial charge on any atom is 0.148 e. The van der Waals surface area contributed by atoms with Crippen LogP contribution in [0.5, 0.6) is 0 Å². The summed E-state index contributed by atoms with van der Waals surface area (Å²) in [6.07, 6.45) is 1.16. The lowest BCUT2D eigenvalue weighted by Crippen LogP contribution is -2.11. The average Bonchev–Trinajstić information content (AvgIpc) is 2.37. The van der Waals surface area contributed by atoms with E-state index in [9.17, 15) is 0 Å². The molecule has 2 N–H and O–H groups in total. The Morgan fingerprint density at radius 1 is 1.67 bits per heavy atom. The maximum atomic E-state index is 4.39. The van der Waals surface area contributed by atoms with Crippen molar-refractivity contribution in [1.82, 2.24) is 15.1 Å². The normalized spacial score (nSPS) is 16.8. The minimum absolute atomic E-state index is 0.939. The number of hydrogen-bond acceptors (Lipinski definition) is 3. The predicted octanol–water partition coefficient (Wildman–Crippen LogP) is 0.418. The summed E-state index contributed by atoms with van der Waals surface area (Å²) < 4.78 is 2.08. The molecule has 0 unspecified atom stereocenters. The van der Waals surface area contributed by atoms with Gasteiger partial charge in [-0.25, -0.2) is 0 Å². The second-order valence-corrected chi connectivity index (χ2v) is 3.02. The van der Waals surface area contributed by atoms with E-state index in [1.807, 2.05) is 7.05 Å². The first-order valence-corrected chi connectivity index (χ1v) is 4.35. The molecule has 0 amide bonds. The van der Waals surface area contributed by atoms with E-state index >= 15 is 0 Å². The number of hydrogen-bond donors (Lipinski definition) is 2. The van der Waals surface area contributed by atoms with Gasteiger partial charge in [0, 0.05) is 26.2 Å². The minimum Gasteiger partial charge on any atom is -0.372 e. The molecule has 0 aliphatic carbocycles. The van der Waals surface area contributed by atoms with Gasteiger partial charge in [0.15, 0.2) is 0 Å². The summed E-state index contributed by atoms with van der Waals surface area (Å²) in [7, 11) is 1.90. The predicted molar refractivity (Wildman–Crippen MR) is 48.1 cm³/mol. The molecule has 0 spiro atoms. The van der Waals surface area contributed by atoms with Gasteiger partial charge in [0.1, 0.15) is 5.82 Å². The van der Waals surface area contributed by atoms with Crippen molar-refractivity contribution in [3.63, 3.8) is 0 Å². The fraction of sp³-hybridized carbons (Fsp3) is 0.625. The highest BCUT2D eigenvalue weighted by atomic mass is 15.3. The zero-order valence-corrected chi connectivity index (χ0v) is 7.30. The van der Waals surface area contributed by atoms with Crippen molar-refractivity contribution in [1.29, 1.82) is 0 Å². The number of rotatable bonds is 1. The first kappa shape index (κ1) is 7.61. The molecule has 0 atom stereocenters. The number of aryl methyl sites for hydroxylation is 1. The van der Waals surface area contributed by atoms with Crippen molar-refractivity contribution in [2.45, 2.75) is 19.5 Å². The monoisotopic (exact) mass is 166 g/mol. The fourth-order valence-electron chi connectivity index (χ4n) is 1.48. The van der Waals surface area contributed by atoms with Gasteiger partial charge in [-0.15, -0.1) is 0 Å². The van der Waals surface area contributed by atoms with E-state index in [2.05, 4.69) is 26.5 Å². The van der Waals surface area contributed by atoms with E-state index in [4.69, 9.17) is 0 Å². The number of fused-ring (bicyclic) bond motifs is 1. The van der Waals surface area contributed by atoms with E-state index in [0.717, 1.165) is 31.9 Å². The molecule has 66 valence electrons. The van der Waals surface area contributed by atoms with Crippen LogP contribution in [0.4, 0.5) is 5.82 Å². The van der Waals surface area contributed by atoms with Crippen LogP contribution in [0.25, 0.3) is 0 Å². The van der Waals surface area contributed by atoms with Crippen LogP contribution >= 0.6 is 0 Å². The molecule has 0 saturated heterocycles. The zero-order valence-electron chi connectivity index (χ0n) is 7.30. The Morgan fingerprint density at radius 2 is 2.58 bits per heavy atom. The lowest BCUT2D eigenvalue weighted by Gasteiger charge is -1.98. The van der Waals surface area contributed by atoms with Crippen LogP contribution in [0.3, 0.4) is 0 Å². The molecule has 12 heavy (non-hydrogen) atoms. The second-order valence-electron chi connectivity index (χ2n) is 3.02. The lowest BCUT2D eigenvalue weighted by molar-refractivity contribution is 0.589. The van der Waals surface area contributed by atoms with Gasteiger partial charge in [0.05, 0.1) is 5.69 Å². The van der Waals surface area contributed by atoms with Crippen molar-refractivity contribution in [2.24, 2.45) is 0 Å². The molecule has 4 heteroatoms. The van der Waals surface area contributed by atoms with Crippen molar-refractivity contribution in [3.05, 3.63) is 11.8 Å². The Hall–Kier alpha value is -1.03. The molecule has 0 saturated carbocycles. The van der Waals surface area contributed by atoms with Crippen LogP contribution < -0.4 is 10.6 Å². The Balaban J connectivity index is 2.26. The number of nitrogens with zero attached hydrogens (tertiary/aromatic N) is 2. The van der Waals surface area contributed by atoms with Crippen molar-refractivity contribution >= 4 is 5.82 Å². The molecule has 0 aromatic carbocycles. The molecule has 1 aliphatic rings. The molecule has 1 aromatic heterocycles. The Bertz CT molecular complexity index is 243. The van der Waals surface area contributed by atoms with E-state index in [0.29, 0.717) is 0 Å². The Morgan fingerprint density at radius 3 is 3.42 bits per heavy atom. The van der Waals surface area contributed by atoms with Gasteiger partial charge in [0.2, 0.25) is 0 Å². The van der Waals surface area contributed by atoms with Crippen LogP contribution in [0, 0.1) is 0 Å². The Labute approximate surface area is 72.0 Å². The smallest absolute Gasteiger partial charge is 0.148 e. The van der Waals surface area contributed by atoms with Gasteiger partial charge in [-0.3, -0.25) is 4.68 Å². The highest BCUT2D eigenvalue weighted by Crippen LogP contribution is 2.10. The fourth-order valence-corrected chi connectivity index (χ4v) is 1.48. The molecular weight excluding hydrogens is 152 g/mol. The average molecular weight is 166 g/mol. The molecule has 2 heterocycles. The zero-order chi connectivity index (χ0) is 8.39. The first-order chi connectivity index (χ1) is 5.90. The molecule has 0 radical (unpaired) electrons. The van der Waals surface area contributed by atoms with Gasteiger partial charge in [-0.1, -0.05) is 0 Å². The highest BCUT2D eigenvalue weighted by molar-refractivity contribution is 5.35. The summed E-state index contributed by atoms with van der Waals surface area (Å²) in [6.45, 7) is 3.07. The number of nitrogens with one attached hydrogen (secondary N) is 2. The van der Waals surface area contributed by atoms with E-state index in [1.165, 1.54) is 5.69 Å². The highest BCUT2D eigenvalue weighted by Gasteiger charge is 2.08. The summed E-state index contributed by atoms with van der Waals surface area (Å²) >= 11 is 0. The summed E-state index contributed by atoms with van der Waals surface area (Å²) in [6, 6.07) is 2.10. The van der Waals surface area contributed by atoms with Crippen LogP contribution in [0.15, 0.2) is 6.07 Å². The van der Waals surface area contributed by atoms with Crippen molar-refractivity contribution in [2.75, 3.05) is 18.9 Å². The van der Waals surface area contributed by atoms with Gasteiger partial charge >= 0.3 is 0 Å². The lowest BCUT2D eigenvalue weighted by atomic mass is 10.4. The third kappa shape index (κ3) is 1.30. The molecule has 0 bridgehead atoms. The van der Waals surface area contributed by atoms with Crippen LogP contribution in [0.2, 0.25) is 0 Å². The van der Waals surface area contributed by atoms with Crippen molar-refractivity contribution < 1.29 is 0 Å². The molecule has 0 fully saturated rings. The van der Waals surface area contributed by atoms with Gasteiger partial charge in [0.25, 0.3) is 0 Å². The van der Waals surface area contributed by atoms with E-state index < -0.39 is 0 Å². The maximum absolute atomic E-state index is 4.39. The topological polar surface area (TPSA) is 41.9 Å². The summed E-state index contributed by atoms with van der Waals surface area (Å²) in [5.74, 6) is 0.966. The summed E-state index contributed by atoms with van der Waals surface area (Å²) in [5, 5.41) is 10.8. The minimum atomic E-state index is 0.939.